The molecule has 7 aromatic heterocycles. The van der Waals surface area contributed by atoms with Crippen LogP contribution in [-0.4, -0.2) is 40.1 Å². The number of fused-ring (bicyclic) bond motifs is 4. The van der Waals surface area contributed by atoms with Crippen molar-refractivity contribution in [3.8, 4) is 67.1 Å². The van der Waals surface area contributed by atoms with Gasteiger partial charge in [-0.05, 0) is 47.9 Å². The molecule has 0 spiro atoms. The average molecular weight is 715 g/mol. The number of para-hydroxylation sites is 2. The highest BCUT2D eigenvalue weighted by Crippen LogP contribution is 2.57. The average Bonchev–Trinajstić information content (AvgIpc) is 4.04. The predicted molar refractivity (Wildman–Crippen MR) is 215 cm³/mol. The first-order valence-electron chi connectivity index (χ1n) is 17.4. The van der Waals surface area contributed by atoms with Gasteiger partial charge in [0.05, 0.1) is 28.2 Å². The number of benzene rings is 4. The van der Waals surface area contributed by atoms with Crippen molar-refractivity contribution in [3.05, 3.63) is 147 Å². The molecule has 10 heteroatoms. The standard InChI is InChI=1S/C44H26N8OS/c1-4-12-28-27(11-1)23-49-41(28)40-38-35(31-21-25-9-2-5-13-29(25)51-31)36(32-24-45-19-20-46-32)39(44-47-16-8-17-48-44)37(30-14-7-18-50-52-30)43(38)54-42(40)34-22-26-10-3-6-15-33(26)53-34/h1-24,49,51H. The Balaban J connectivity index is 1.43. The molecule has 0 unspecified atom stereocenters. The maximum absolute atomic E-state index is 6.72. The zero-order valence-corrected chi connectivity index (χ0v) is 29.2. The monoisotopic (exact) mass is 714 g/mol. The molecule has 0 aliphatic carbocycles. The van der Waals surface area contributed by atoms with E-state index < -0.39 is 0 Å². The Bertz CT molecular complexity index is 3100. The van der Waals surface area contributed by atoms with E-state index in [0.717, 1.165) is 92.6 Å². The maximum Gasteiger partial charge on any atom is 0.160 e. The van der Waals surface area contributed by atoms with Crippen molar-refractivity contribution in [1.82, 2.24) is 40.1 Å². The first-order valence-corrected chi connectivity index (χ1v) is 18.2. The van der Waals surface area contributed by atoms with Gasteiger partial charge >= 0.3 is 0 Å². The van der Waals surface area contributed by atoms with E-state index in [2.05, 4.69) is 86.9 Å². The molecule has 0 radical (unpaired) electrons. The van der Waals surface area contributed by atoms with Crippen molar-refractivity contribution < 1.29 is 4.42 Å². The molecular formula is C44H26N8OS. The number of nitrogens with one attached hydrogen (secondary N) is 2. The highest BCUT2D eigenvalue weighted by molar-refractivity contribution is 7.23. The number of hydrogen-bond acceptors (Lipinski definition) is 8. The Kier molecular flexibility index (Phi) is 6.82. The van der Waals surface area contributed by atoms with E-state index in [9.17, 15) is 0 Å². The van der Waals surface area contributed by atoms with E-state index >= 15 is 0 Å². The molecule has 0 atom stereocenters. The topological polar surface area (TPSA) is 122 Å². The summed E-state index contributed by atoms with van der Waals surface area (Å²) in [6, 6.07) is 34.9. The van der Waals surface area contributed by atoms with Gasteiger partial charge in [-0.15, -0.1) is 11.3 Å². The van der Waals surface area contributed by atoms with Crippen molar-refractivity contribution in [2.45, 2.75) is 0 Å². The molecule has 54 heavy (non-hydrogen) atoms. The lowest BCUT2D eigenvalue weighted by molar-refractivity contribution is 0.633. The van der Waals surface area contributed by atoms with E-state index in [4.69, 9.17) is 24.5 Å². The minimum atomic E-state index is 0.531. The van der Waals surface area contributed by atoms with E-state index in [1.54, 1.807) is 48.5 Å². The van der Waals surface area contributed by atoms with Gasteiger partial charge in [0.2, 0.25) is 0 Å². The lowest BCUT2D eigenvalue weighted by Crippen LogP contribution is -2.01. The SMILES string of the molecule is c1cnc(-c2c(-c3cnccn3)c(-c3cc4ccccc4[nH]3)c3c(-c4[nH]cc5ccccc45)c(-c4cc5ccccc5o4)sc3c2-c2cccnn2)nc1. The Morgan fingerprint density at radius 1 is 0.611 bits per heavy atom. The van der Waals surface area contributed by atoms with Gasteiger partial charge in [-0.2, -0.15) is 10.2 Å². The van der Waals surface area contributed by atoms with Crippen molar-refractivity contribution in [3.63, 3.8) is 0 Å². The Morgan fingerprint density at radius 2 is 1.44 bits per heavy atom. The van der Waals surface area contributed by atoms with E-state index in [1.807, 2.05) is 42.5 Å². The Labute approximate surface area is 311 Å². The van der Waals surface area contributed by atoms with Crippen molar-refractivity contribution in [2.24, 2.45) is 0 Å². The maximum atomic E-state index is 6.72. The van der Waals surface area contributed by atoms with Crippen molar-refractivity contribution >= 4 is 54.1 Å². The zero-order chi connectivity index (χ0) is 35.6. The van der Waals surface area contributed by atoms with Crippen molar-refractivity contribution in [2.75, 3.05) is 0 Å². The lowest BCUT2D eigenvalue weighted by atomic mass is 9.85. The van der Waals surface area contributed by atoms with E-state index in [0.29, 0.717) is 17.2 Å². The number of aromatic nitrogens is 8. The number of H-pyrrole nitrogens is 2. The minimum Gasteiger partial charge on any atom is -0.455 e. The smallest absolute Gasteiger partial charge is 0.160 e. The number of rotatable bonds is 6. The van der Waals surface area contributed by atoms with Gasteiger partial charge in [0.25, 0.3) is 0 Å². The van der Waals surface area contributed by atoms with Gasteiger partial charge in [-0.3, -0.25) is 9.97 Å². The Morgan fingerprint density at radius 3 is 2.26 bits per heavy atom. The third-order valence-electron chi connectivity index (χ3n) is 9.87. The summed E-state index contributed by atoms with van der Waals surface area (Å²) < 4.78 is 7.69. The molecule has 7 heterocycles. The molecule has 11 rings (SSSR count). The second-order valence-corrected chi connectivity index (χ2v) is 14.0. The molecule has 0 aliphatic rings. The van der Waals surface area contributed by atoms with Crippen LogP contribution in [0, 0.1) is 0 Å². The summed E-state index contributed by atoms with van der Waals surface area (Å²) in [5.74, 6) is 1.29. The van der Waals surface area contributed by atoms with Gasteiger partial charge < -0.3 is 14.4 Å². The number of aromatic amines is 2. The van der Waals surface area contributed by atoms with Crippen LogP contribution in [0.15, 0.2) is 151 Å². The third kappa shape index (κ3) is 4.70. The second kappa shape index (κ2) is 12.1. The predicted octanol–water partition coefficient (Wildman–Crippen LogP) is 11.0. The van der Waals surface area contributed by atoms with Crippen LogP contribution < -0.4 is 0 Å². The van der Waals surface area contributed by atoms with Crippen LogP contribution in [0.1, 0.15) is 0 Å². The van der Waals surface area contributed by atoms with E-state index in [-0.39, 0.29) is 0 Å². The Hall–Kier alpha value is -7.30. The quantitative estimate of drug-likeness (QED) is 0.176. The van der Waals surface area contributed by atoms with Gasteiger partial charge in [0, 0.05) is 102 Å². The fraction of sp³-hybridized carbons (Fsp3) is 0. The highest BCUT2D eigenvalue weighted by Gasteiger charge is 2.33. The first-order chi connectivity index (χ1) is 26.8. The fourth-order valence-electron chi connectivity index (χ4n) is 7.62. The van der Waals surface area contributed by atoms with Crippen LogP contribution in [0.2, 0.25) is 0 Å². The molecule has 0 bridgehead atoms. The van der Waals surface area contributed by atoms with Gasteiger partial charge in [-0.25, -0.2) is 9.97 Å². The number of furan rings is 1. The van der Waals surface area contributed by atoms with E-state index in [1.165, 1.54) is 0 Å². The molecule has 2 N–H and O–H groups in total. The molecule has 0 amide bonds. The number of thiophene rings is 1. The molecule has 0 saturated carbocycles. The largest absolute Gasteiger partial charge is 0.455 e. The fourth-order valence-corrected chi connectivity index (χ4v) is 8.94. The van der Waals surface area contributed by atoms with Crippen LogP contribution in [0.25, 0.3) is 110 Å². The van der Waals surface area contributed by atoms with Crippen LogP contribution >= 0.6 is 11.3 Å². The van der Waals surface area contributed by atoms with Crippen LogP contribution in [-0.2, 0) is 0 Å². The summed E-state index contributed by atoms with van der Waals surface area (Å²) in [6.07, 6.45) is 12.5. The normalized spacial score (nSPS) is 11.7. The van der Waals surface area contributed by atoms with Crippen LogP contribution in [0.3, 0.4) is 0 Å². The molecule has 254 valence electrons. The summed E-state index contributed by atoms with van der Waals surface area (Å²) in [5, 5.41) is 14.4. The van der Waals surface area contributed by atoms with Crippen molar-refractivity contribution in [1.29, 1.82) is 0 Å². The lowest BCUT2D eigenvalue weighted by Gasteiger charge is -2.20. The molecular weight excluding hydrogens is 689 g/mol. The van der Waals surface area contributed by atoms with Gasteiger partial charge in [-0.1, -0.05) is 60.7 Å². The van der Waals surface area contributed by atoms with Gasteiger partial charge in [0.15, 0.2) is 5.82 Å². The molecule has 0 fully saturated rings. The van der Waals surface area contributed by atoms with Gasteiger partial charge in [0.1, 0.15) is 11.3 Å². The minimum absolute atomic E-state index is 0.531. The van der Waals surface area contributed by atoms with Crippen LogP contribution in [0.4, 0.5) is 0 Å². The molecule has 0 aliphatic heterocycles. The summed E-state index contributed by atoms with van der Waals surface area (Å²) in [6.45, 7) is 0. The summed E-state index contributed by atoms with van der Waals surface area (Å²) in [5.41, 5.74) is 9.44. The molecule has 0 saturated heterocycles. The van der Waals surface area contributed by atoms with Crippen LogP contribution in [0.5, 0.6) is 0 Å². The summed E-state index contributed by atoms with van der Waals surface area (Å²) in [7, 11) is 0. The molecule has 4 aromatic carbocycles. The first kappa shape index (κ1) is 30.3. The second-order valence-electron chi connectivity index (χ2n) is 13.0. The number of nitrogens with zero attached hydrogens (tertiary/aromatic N) is 6. The molecule has 9 nitrogen and oxygen atoms in total. The molecule has 11 aromatic rings. The number of hydrogen-bond donors (Lipinski definition) is 2. The third-order valence-corrected chi connectivity index (χ3v) is 11.1. The highest BCUT2D eigenvalue weighted by atomic mass is 32.1. The summed E-state index contributed by atoms with van der Waals surface area (Å²) >= 11 is 1.66. The zero-order valence-electron chi connectivity index (χ0n) is 28.4. The summed E-state index contributed by atoms with van der Waals surface area (Å²) in [4.78, 5) is 27.7.